The molecule has 0 amide bonds. The molecule has 1 aromatic heterocycles. The predicted octanol–water partition coefficient (Wildman–Crippen LogP) is 7.38. The molecule has 0 N–H and O–H groups in total. The van der Waals surface area contributed by atoms with Crippen molar-refractivity contribution in [2.24, 2.45) is 0 Å². The van der Waals surface area contributed by atoms with Gasteiger partial charge in [-0.05, 0) is 47.8 Å². The molecular formula is C21H33N5S4. The SMILES string of the molecule is CC(C)SN(SC(C)C)c1nc(-c2ccccc2)nc(N(SC(C)C)SC(C)C)n1. The van der Waals surface area contributed by atoms with Gasteiger partial charge in [0.25, 0.3) is 11.9 Å². The summed E-state index contributed by atoms with van der Waals surface area (Å²) >= 11 is 6.98. The molecule has 0 spiro atoms. The summed E-state index contributed by atoms with van der Waals surface area (Å²) in [7, 11) is 0. The van der Waals surface area contributed by atoms with Crippen LogP contribution in [0.2, 0.25) is 0 Å². The van der Waals surface area contributed by atoms with Crippen LogP contribution in [0.15, 0.2) is 30.3 Å². The van der Waals surface area contributed by atoms with E-state index in [0.29, 0.717) is 38.7 Å². The second-order valence-electron chi connectivity index (χ2n) is 7.76. The number of nitrogens with zero attached hydrogens (tertiary/aromatic N) is 5. The first-order chi connectivity index (χ1) is 14.2. The molecular weight excluding hydrogens is 451 g/mol. The molecule has 0 saturated heterocycles. The van der Waals surface area contributed by atoms with Crippen LogP contribution >= 0.6 is 47.8 Å². The highest BCUT2D eigenvalue weighted by molar-refractivity contribution is 8.19. The highest BCUT2D eigenvalue weighted by Crippen LogP contribution is 2.38. The van der Waals surface area contributed by atoms with Gasteiger partial charge in [0.2, 0.25) is 0 Å². The molecule has 0 atom stereocenters. The number of benzene rings is 1. The lowest BCUT2D eigenvalue weighted by molar-refractivity contribution is 1.03. The molecule has 0 aliphatic carbocycles. The molecule has 0 radical (unpaired) electrons. The number of aromatic nitrogens is 3. The summed E-state index contributed by atoms with van der Waals surface area (Å²) in [5.41, 5.74) is 0.996. The first-order valence-corrected chi connectivity index (χ1v) is 13.6. The Kier molecular flexibility index (Phi) is 10.5. The summed E-state index contributed by atoms with van der Waals surface area (Å²) in [6.07, 6.45) is 0. The highest BCUT2D eigenvalue weighted by atomic mass is 32.2. The number of rotatable bonds is 11. The van der Waals surface area contributed by atoms with Gasteiger partial charge in [-0.2, -0.15) is 15.0 Å². The molecule has 9 heteroatoms. The van der Waals surface area contributed by atoms with Gasteiger partial charge < -0.3 is 0 Å². The van der Waals surface area contributed by atoms with Gasteiger partial charge in [0.05, 0.1) is 0 Å². The van der Waals surface area contributed by atoms with E-state index >= 15 is 0 Å². The molecule has 1 heterocycles. The van der Waals surface area contributed by atoms with Crippen molar-refractivity contribution < 1.29 is 0 Å². The van der Waals surface area contributed by atoms with Gasteiger partial charge in [-0.3, -0.25) is 0 Å². The van der Waals surface area contributed by atoms with Gasteiger partial charge in [-0.25, -0.2) is 7.42 Å². The summed E-state index contributed by atoms with van der Waals surface area (Å²) in [5, 5.41) is 1.68. The van der Waals surface area contributed by atoms with E-state index in [-0.39, 0.29) is 0 Å². The summed E-state index contributed by atoms with van der Waals surface area (Å²) < 4.78 is 4.29. The van der Waals surface area contributed by atoms with Crippen LogP contribution in [-0.2, 0) is 0 Å². The molecule has 0 aliphatic heterocycles. The minimum absolute atomic E-state index is 0.419. The summed E-state index contributed by atoms with van der Waals surface area (Å²) in [6, 6.07) is 10.1. The van der Waals surface area contributed by atoms with Crippen molar-refractivity contribution in [1.82, 2.24) is 15.0 Å². The minimum Gasteiger partial charge on any atom is -0.224 e. The molecule has 0 bridgehead atoms. The van der Waals surface area contributed by atoms with Crippen LogP contribution in [0.25, 0.3) is 11.4 Å². The quantitative estimate of drug-likeness (QED) is 0.304. The Bertz CT molecular complexity index is 709. The van der Waals surface area contributed by atoms with Crippen LogP contribution in [0, 0.1) is 0 Å². The highest BCUT2D eigenvalue weighted by Gasteiger charge is 2.23. The van der Waals surface area contributed by atoms with Crippen LogP contribution in [0.3, 0.4) is 0 Å². The Balaban J connectivity index is 2.58. The van der Waals surface area contributed by atoms with Gasteiger partial charge in [-0.15, -0.1) is 0 Å². The maximum Gasteiger partial charge on any atom is 0.251 e. The van der Waals surface area contributed by atoms with Gasteiger partial charge in [0.15, 0.2) is 5.82 Å². The maximum absolute atomic E-state index is 4.92. The Morgan fingerprint density at radius 3 is 1.27 bits per heavy atom. The molecule has 1 aromatic carbocycles. The number of hydrogen-bond acceptors (Lipinski definition) is 9. The topological polar surface area (TPSA) is 45.2 Å². The van der Waals surface area contributed by atoms with E-state index < -0.39 is 0 Å². The average Bonchev–Trinajstić information content (AvgIpc) is 2.66. The largest absolute Gasteiger partial charge is 0.251 e. The van der Waals surface area contributed by atoms with Crippen LogP contribution in [-0.4, -0.2) is 36.0 Å². The van der Waals surface area contributed by atoms with E-state index in [9.17, 15) is 0 Å². The van der Waals surface area contributed by atoms with E-state index in [4.69, 9.17) is 15.0 Å². The second kappa shape index (κ2) is 12.3. The monoisotopic (exact) mass is 483 g/mol. The second-order valence-corrected chi connectivity index (χ2v) is 14.3. The third kappa shape index (κ3) is 8.40. The first-order valence-electron chi connectivity index (χ1n) is 10.2. The molecule has 0 fully saturated rings. The molecule has 2 aromatic rings. The Hall–Kier alpha value is -0.770. The van der Waals surface area contributed by atoms with E-state index in [1.165, 1.54) is 0 Å². The van der Waals surface area contributed by atoms with Gasteiger partial charge in [0.1, 0.15) is 0 Å². The third-order valence-corrected chi connectivity index (χ3v) is 7.34. The van der Waals surface area contributed by atoms with Crippen molar-refractivity contribution in [2.45, 2.75) is 76.4 Å². The molecule has 30 heavy (non-hydrogen) atoms. The van der Waals surface area contributed by atoms with Gasteiger partial charge >= 0.3 is 0 Å². The predicted molar refractivity (Wildman–Crippen MR) is 141 cm³/mol. The zero-order valence-electron chi connectivity index (χ0n) is 19.1. The van der Waals surface area contributed by atoms with Crippen LogP contribution < -0.4 is 7.42 Å². The van der Waals surface area contributed by atoms with E-state index in [1.54, 1.807) is 47.8 Å². The van der Waals surface area contributed by atoms with Gasteiger partial charge in [-0.1, -0.05) is 85.7 Å². The fraction of sp³-hybridized carbons (Fsp3) is 0.571. The van der Waals surface area contributed by atoms with Crippen molar-refractivity contribution in [3.63, 3.8) is 0 Å². The fourth-order valence-corrected chi connectivity index (χ4v) is 6.94. The Morgan fingerprint density at radius 1 is 0.567 bits per heavy atom. The molecule has 166 valence electrons. The first kappa shape index (κ1) is 25.5. The lowest BCUT2D eigenvalue weighted by Gasteiger charge is -2.27. The standard InChI is InChI=1S/C21H33N5S4/c1-14(2)27-25(28-15(3)4)20-22-19(18-12-10-9-11-13-18)23-21(24-20)26(29-16(5)6)30-17(7)8/h9-17H,1-8H3. The lowest BCUT2D eigenvalue weighted by atomic mass is 10.2. The number of hydrogen-bond donors (Lipinski definition) is 0. The third-order valence-electron chi connectivity index (χ3n) is 3.20. The van der Waals surface area contributed by atoms with Crippen molar-refractivity contribution in [1.29, 1.82) is 0 Å². The maximum atomic E-state index is 4.92. The zero-order chi connectivity index (χ0) is 22.3. The molecule has 0 aliphatic rings. The van der Waals surface area contributed by atoms with Crippen LogP contribution in [0.5, 0.6) is 0 Å². The normalized spacial score (nSPS) is 11.7. The van der Waals surface area contributed by atoms with Crippen LogP contribution in [0.1, 0.15) is 55.4 Å². The zero-order valence-corrected chi connectivity index (χ0v) is 22.3. The molecule has 2 rings (SSSR count). The Labute approximate surface area is 199 Å². The van der Waals surface area contributed by atoms with Crippen molar-refractivity contribution >= 4 is 59.7 Å². The Morgan fingerprint density at radius 2 is 0.933 bits per heavy atom. The summed E-state index contributed by atoms with van der Waals surface area (Å²) in [6.45, 7) is 17.5. The molecule has 0 unspecified atom stereocenters. The van der Waals surface area contributed by atoms with Crippen molar-refractivity contribution in [2.75, 3.05) is 7.42 Å². The van der Waals surface area contributed by atoms with Crippen molar-refractivity contribution in [3.05, 3.63) is 30.3 Å². The summed E-state index contributed by atoms with van der Waals surface area (Å²) in [5.74, 6) is 2.08. The van der Waals surface area contributed by atoms with Crippen molar-refractivity contribution in [3.8, 4) is 11.4 Å². The minimum atomic E-state index is 0.419. The smallest absolute Gasteiger partial charge is 0.224 e. The summed E-state index contributed by atoms with van der Waals surface area (Å²) in [4.78, 5) is 14.7. The van der Waals surface area contributed by atoms with E-state index in [0.717, 1.165) is 5.56 Å². The molecule has 5 nitrogen and oxygen atoms in total. The van der Waals surface area contributed by atoms with Gasteiger partial charge in [0, 0.05) is 26.6 Å². The molecule has 0 saturated carbocycles. The lowest BCUT2D eigenvalue weighted by Crippen LogP contribution is -2.19. The number of anilines is 2. The average molecular weight is 484 g/mol. The fourth-order valence-electron chi connectivity index (χ4n) is 2.24. The van der Waals surface area contributed by atoms with Crippen LogP contribution in [0.4, 0.5) is 11.9 Å². The van der Waals surface area contributed by atoms with E-state index in [1.807, 2.05) is 30.3 Å². The van der Waals surface area contributed by atoms with E-state index in [2.05, 4.69) is 62.8 Å².